The van der Waals surface area contributed by atoms with Gasteiger partial charge in [0.25, 0.3) is 0 Å². The second-order valence-electron chi connectivity index (χ2n) is 9.70. The van der Waals surface area contributed by atoms with Gasteiger partial charge < -0.3 is 18.9 Å². The van der Waals surface area contributed by atoms with Crippen molar-refractivity contribution in [2.45, 2.75) is 37.5 Å². The Morgan fingerprint density at radius 1 is 0.571 bits per heavy atom. The van der Waals surface area contributed by atoms with Crippen LogP contribution in [0.25, 0.3) is 0 Å². The number of halogens is 2. The van der Waals surface area contributed by atoms with Crippen molar-refractivity contribution in [1.29, 1.82) is 0 Å². The Balaban J connectivity index is 1.75. The second-order valence-corrected chi connectivity index (χ2v) is 11.5. The van der Waals surface area contributed by atoms with Crippen molar-refractivity contribution in [2.24, 2.45) is 11.8 Å². The number of hydrogen-bond donors (Lipinski definition) is 0. The van der Waals surface area contributed by atoms with Crippen LogP contribution in [-0.2, 0) is 38.1 Å². The van der Waals surface area contributed by atoms with Gasteiger partial charge in [-0.25, -0.2) is 9.59 Å². The molecule has 8 nitrogen and oxygen atoms in total. The molecule has 224 valence electrons. The highest BCUT2D eigenvalue weighted by Crippen LogP contribution is 2.58. The van der Waals surface area contributed by atoms with E-state index in [1.807, 2.05) is 48.5 Å². The Kier molecular flexibility index (Phi) is 13.5. The molecule has 0 aliphatic heterocycles. The molecule has 42 heavy (non-hydrogen) atoms. The summed E-state index contributed by atoms with van der Waals surface area (Å²) in [6, 6.07) is 15.4. The highest BCUT2D eigenvalue weighted by Gasteiger charge is 2.59. The lowest BCUT2D eigenvalue weighted by Gasteiger charge is -2.49. The first-order valence-corrected chi connectivity index (χ1v) is 15.3. The molecule has 0 heterocycles. The lowest BCUT2D eigenvalue weighted by molar-refractivity contribution is -0.172. The van der Waals surface area contributed by atoms with Crippen LogP contribution in [0.3, 0.4) is 0 Å². The number of ether oxygens (including phenoxy) is 4. The number of hydrogen-bond acceptors (Lipinski definition) is 8. The normalized spacial score (nSPS) is 19.1. The standard InChI is InChI=1S/C32H34Br2O8/c1-3-25(35)39-17-5-7-19-41-31(37)29-27(21-9-13-23(33)14-10-21)28(22-11-15-24(34)16-12-22)30(29)32(38)42-20-8-6-18-40-26(36)4-2/h3-4,9-16,27-30H,1-2,5-8,17-20H2/t27-,28+,29+,30?/m0/s1. The van der Waals surface area contributed by atoms with E-state index >= 15 is 0 Å². The van der Waals surface area contributed by atoms with Crippen molar-refractivity contribution in [2.75, 3.05) is 26.4 Å². The van der Waals surface area contributed by atoms with Gasteiger partial charge in [0, 0.05) is 32.9 Å². The van der Waals surface area contributed by atoms with Gasteiger partial charge in [0.1, 0.15) is 0 Å². The van der Waals surface area contributed by atoms with Crippen molar-refractivity contribution in [3.05, 3.63) is 93.9 Å². The lowest BCUT2D eigenvalue weighted by atomic mass is 9.52. The summed E-state index contributed by atoms with van der Waals surface area (Å²) in [5.41, 5.74) is 1.83. The van der Waals surface area contributed by atoms with Crippen molar-refractivity contribution >= 4 is 55.7 Å². The van der Waals surface area contributed by atoms with Crippen LogP contribution in [0.2, 0.25) is 0 Å². The van der Waals surface area contributed by atoms with E-state index in [1.165, 1.54) is 0 Å². The van der Waals surface area contributed by atoms with Crippen LogP contribution in [0.15, 0.2) is 82.8 Å². The number of rotatable bonds is 16. The summed E-state index contributed by atoms with van der Waals surface area (Å²) in [5.74, 6) is -4.07. The third kappa shape index (κ3) is 9.39. The molecule has 2 aromatic rings. The fraction of sp³-hybridized carbons (Fsp3) is 0.375. The van der Waals surface area contributed by atoms with E-state index in [9.17, 15) is 19.2 Å². The van der Waals surface area contributed by atoms with Crippen molar-refractivity contribution < 1.29 is 38.1 Å². The maximum Gasteiger partial charge on any atom is 0.330 e. The third-order valence-electron chi connectivity index (χ3n) is 6.99. The average Bonchev–Trinajstić information content (AvgIpc) is 2.97. The topological polar surface area (TPSA) is 105 Å². The first-order chi connectivity index (χ1) is 20.3. The molecule has 10 heteroatoms. The van der Waals surface area contributed by atoms with E-state index in [0.29, 0.717) is 25.7 Å². The first-order valence-electron chi connectivity index (χ1n) is 13.7. The second kappa shape index (κ2) is 17.0. The molecule has 1 aliphatic rings. The molecule has 0 aromatic heterocycles. The Hall–Kier alpha value is -3.24. The maximum absolute atomic E-state index is 13.5. The number of esters is 4. The fourth-order valence-electron chi connectivity index (χ4n) is 4.94. The Morgan fingerprint density at radius 3 is 1.19 bits per heavy atom. The van der Waals surface area contributed by atoms with Gasteiger partial charge in [-0.2, -0.15) is 0 Å². The molecule has 1 aliphatic carbocycles. The molecule has 0 bridgehead atoms. The van der Waals surface area contributed by atoms with Crippen LogP contribution < -0.4 is 0 Å². The zero-order chi connectivity index (χ0) is 30.5. The summed E-state index contributed by atoms with van der Waals surface area (Å²) < 4.78 is 23.0. The molecule has 0 spiro atoms. The highest BCUT2D eigenvalue weighted by molar-refractivity contribution is 9.10. The van der Waals surface area contributed by atoms with Gasteiger partial charge in [-0.05, 0) is 61.1 Å². The Bertz CT molecular complexity index is 1140. The predicted octanol–water partition coefficient (Wildman–Crippen LogP) is 6.43. The van der Waals surface area contributed by atoms with Crippen LogP contribution in [0.1, 0.15) is 48.6 Å². The summed E-state index contributed by atoms with van der Waals surface area (Å²) in [4.78, 5) is 49.5. The fourth-order valence-corrected chi connectivity index (χ4v) is 5.47. The molecule has 0 N–H and O–H groups in total. The zero-order valence-electron chi connectivity index (χ0n) is 23.2. The molecule has 1 unspecified atom stereocenters. The summed E-state index contributed by atoms with van der Waals surface area (Å²) >= 11 is 6.94. The molecule has 4 atom stereocenters. The van der Waals surface area contributed by atoms with E-state index in [4.69, 9.17) is 18.9 Å². The molecular formula is C32H34Br2O8. The lowest BCUT2D eigenvalue weighted by Crippen LogP contribution is -2.52. The van der Waals surface area contributed by atoms with Crippen LogP contribution >= 0.6 is 31.9 Å². The summed E-state index contributed by atoms with van der Waals surface area (Å²) in [6.07, 6.45) is 4.21. The Morgan fingerprint density at radius 2 is 0.881 bits per heavy atom. The molecular weight excluding hydrogens is 672 g/mol. The molecule has 3 rings (SSSR count). The minimum absolute atomic E-state index is 0.127. The Labute approximate surface area is 262 Å². The molecule has 1 fully saturated rings. The van der Waals surface area contributed by atoms with Gasteiger partial charge in [-0.15, -0.1) is 0 Å². The smallest absolute Gasteiger partial charge is 0.330 e. The van der Waals surface area contributed by atoms with Gasteiger partial charge in [-0.3, -0.25) is 9.59 Å². The summed E-state index contributed by atoms with van der Waals surface area (Å²) in [5, 5.41) is 0. The largest absolute Gasteiger partial charge is 0.465 e. The monoisotopic (exact) mass is 704 g/mol. The summed E-state index contributed by atoms with van der Waals surface area (Å²) in [7, 11) is 0. The van der Waals surface area contributed by atoms with E-state index in [1.54, 1.807) is 0 Å². The molecule has 1 saturated carbocycles. The van der Waals surface area contributed by atoms with Crippen molar-refractivity contribution in [3.8, 4) is 0 Å². The van der Waals surface area contributed by atoms with Gasteiger partial charge >= 0.3 is 23.9 Å². The highest BCUT2D eigenvalue weighted by atomic mass is 79.9. The van der Waals surface area contributed by atoms with Gasteiger partial charge in [0.2, 0.25) is 0 Å². The van der Waals surface area contributed by atoms with E-state index < -0.39 is 35.7 Å². The predicted molar refractivity (Wildman–Crippen MR) is 163 cm³/mol. The number of carbonyl (C=O) groups excluding carboxylic acids is 4. The summed E-state index contributed by atoms with van der Waals surface area (Å²) in [6.45, 7) is 7.36. The number of benzene rings is 2. The van der Waals surface area contributed by atoms with Gasteiger partial charge in [-0.1, -0.05) is 69.3 Å². The van der Waals surface area contributed by atoms with Crippen molar-refractivity contribution in [1.82, 2.24) is 0 Å². The van der Waals surface area contributed by atoms with Gasteiger partial charge in [0.05, 0.1) is 38.3 Å². The minimum Gasteiger partial charge on any atom is -0.465 e. The van der Waals surface area contributed by atoms with E-state index in [2.05, 4.69) is 45.0 Å². The number of unbranched alkanes of at least 4 members (excludes halogenated alkanes) is 2. The van der Waals surface area contributed by atoms with Crippen molar-refractivity contribution in [3.63, 3.8) is 0 Å². The van der Waals surface area contributed by atoms with E-state index in [0.717, 1.165) is 32.2 Å². The van der Waals surface area contributed by atoms with Gasteiger partial charge in [0.15, 0.2) is 0 Å². The van der Waals surface area contributed by atoms with E-state index in [-0.39, 0.29) is 38.3 Å². The minimum atomic E-state index is -0.750. The number of carbonyl (C=O) groups is 4. The first kappa shape index (κ1) is 33.3. The molecule has 0 radical (unpaired) electrons. The SMILES string of the molecule is C=CC(=O)OCCCCOC(=O)C1[C@H](C(=O)OCCCCOC(=O)C=C)[C@@H](c2ccc(Br)cc2)[C@H]1c1ccc(Br)cc1. The molecule has 0 saturated heterocycles. The third-order valence-corrected chi connectivity index (χ3v) is 8.05. The van der Waals surface area contributed by atoms with Crippen LogP contribution in [0.4, 0.5) is 0 Å². The quantitative estimate of drug-likeness (QED) is 0.0852. The molecule has 0 amide bonds. The average molecular weight is 706 g/mol. The zero-order valence-corrected chi connectivity index (χ0v) is 26.3. The van der Waals surface area contributed by atoms with Crippen LogP contribution in [0, 0.1) is 11.8 Å². The maximum atomic E-state index is 13.5. The van der Waals surface area contributed by atoms with Crippen LogP contribution in [-0.4, -0.2) is 50.3 Å². The molecule has 2 aromatic carbocycles. The van der Waals surface area contributed by atoms with Crippen LogP contribution in [0.5, 0.6) is 0 Å².